The Bertz CT molecular complexity index is 636. The highest BCUT2D eigenvalue weighted by Gasteiger charge is 2.22. The monoisotopic (exact) mass is 442 g/mol. The summed E-state index contributed by atoms with van der Waals surface area (Å²) in [5.41, 5.74) is 1.76. The number of carbonyl (C=O) groups excluding carboxylic acids is 1. The van der Waals surface area contributed by atoms with E-state index in [4.69, 9.17) is 0 Å². The highest BCUT2D eigenvalue weighted by atomic mass is 16.2. The smallest absolute Gasteiger partial charge is 0.267 e. The first-order valence-corrected chi connectivity index (χ1v) is 12.3. The van der Waals surface area contributed by atoms with Gasteiger partial charge in [0, 0.05) is 38.8 Å². The number of nitrogens with one attached hydrogen (secondary N) is 2. The maximum absolute atomic E-state index is 12.9. The van der Waals surface area contributed by atoms with Gasteiger partial charge in [-0.2, -0.15) is 0 Å². The van der Waals surface area contributed by atoms with E-state index in [1.54, 1.807) is 12.2 Å². The molecule has 180 valence electrons. The van der Waals surface area contributed by atoms with Gasteiger partial charge in [0.05, 0.1) is 5.70 Å². The largest absolute Gasteiger partial charge is 0.377 e. The average molecular weight is 443 g/mol. The van der Waals surface area contributed by atoms with E-state index in [0.29, 0.717) is 18.7 Å². The van der Waals surface area contributed by atoms with Gasteiger partial charge < -0.3 is 20.4 Å². The first-order valence-electron chi connectivity index (χ1n) is 12.3. The molecular weight excluding hydrogens is 396 g/mol. The Morgan fingerprint density at radius 2 is 1.81 bits per heavy atom. The predicted octanol–water partition coefficient (Wildman–Crippen LogP) is 4.43. The lowest BCUT2D eigenvalue weighted by atomic mass is 10.0. The fourth-order valence-electron chi connectivity index (χ4n) is 3.94. The van der Waals surface area contributed by atoms with E-state index >= 15 is 0 Å². The van der Waals surface area contributed by atoms with Crippen molar-refractivity contribution >= 4 is 5.91 Å². The van der Waals surface area contributed by atoms with E-state index in [1.165, 1.54) is 25.9 Å². The Balaban J connectivity index is 2.55. The van der Waals surface area contributed by atoms with Gasteiger partial charge in [0.15, 0.2) is 0 Å². The first kappa shape index (κ1) is 27.9. The van der Waals surface area contributed by atoms with Crippen LogP contribution in [0.5, 0.6) is 0 Å². The molecule has 5 heteroatoms. The summed E-state index contributed by atoms with van der Waals surface area (Å²) >= 11 is 0. The number of likely N-dealkylation sites (tertiary alicyclic amines) is 1. The van der Waals surface area contributed by atoms with Gasteiger partial charge in [0.25, 0.3) is 5.91 Å². The standard InChI is InChI=1S/C27H46N4O/c1-6-11-12-24(10-5)13-14-26(28-17-7-2)27(32)29-25-15-20-31(21-16-25)23-22-30(18-8-3)19-9-4/h6-7,10-12,14,25,28H,1-2,8-9,13,15-23H2,3-5H3,(H,29,32)/b12-11-,24-10+,26-14-. The molecule has 2 N–H and O–H groups in total. The van der Waals surface area contributed by atoms with Gasteiger partial charge in [0.2, 0.25) is 0 Å². The first-order chi connectivity index (χ1) is 15.6. The van der Waals surface area contributed by atoms with Crippen LogP contribution in [0.25, 0.3) is 0 Å². The highest BCUT2D eigenvalue weighted by Crippen LogP contribution is 2.12. The van der Waals surface area contributed by atoms with Crippen molar-refractivity contribution in [3.05, 3.63) is 60.9 Å². The van der Waals surface area contributed by atoms with Crippen LogP contribution in [0.4, 0.5) is 0 Å². The molecule has 0 saturated carbocycles. The van der Waals surface area contributed by atoms with Crippen LogP contribution in [0, 0.1) is 0 Å². The van der Waals surface area contributed by atoms with Crippen molar-refractivity contribution in [1.82, 2.24) is 20.4 Å². The van der Waals surface area contributed by atoms with Gasteiger partial charge >= 0.3 is 0 Å². The van der Waals surface area contributed by atoms with Crippen molar-refractivity contribution in [2.45, 2.75) is 58.9 Å². The fraction of sp³-hybridized carbons (Fsp3) is 0.593. The molecule has 0 bridgehead atoms. The molecule has 1 saturated heterocycles. The van der Waals surface area contributed by atoms with Crippen molar-refractivity contribution in [2.75, 3.05) is 45.8 Å². The zero-order valence-corrected chi connectivity index (χ0v) is 20.7. The van der Waals surface area contributed by atoms with E-state index in [9.17, 15) is 4.79 Å². The predicted molar refractivity (Wildman–Crippen MR) is 139 cm³/mol. The van der Waals surface area contributed by atoms with Gasteiger partial charge in [-0.1, -0.05) is 56.9 Å². The van der Waals surface area contributed by atoms with E-state index in [0.717, 1.165) is 44.6 Å². The van der Waals surface area contributed by atoms with E-state index in [-0.39, 0.29) is 11.9 Å². The van der Waals surface area contributed by atoms with Crippen molar-refractivity contribution in [3.8, 4) is 0 Å². The second-order valence-electron chi connectivity index (χ2n) is 8.38. The summed E-state index contributed by atoms with van der Waals surface area (Å²) in [6.07, 6.45) is 16.6. The Labute approximate surface area is 197 Å². The molecule has 5 nitrogen and oxygen atoms in total. The molecule has 32 heavy (non-hydrogen) atoms. The summed E-state index contributed by atoms with van der Waals surface area (Å²) in [4.78, 5) is 18.0. The molecule has 1 heterocycles. The zero-order chi connectivity index (χ0) is 23.6. The molecule has 0 radical (unpaired) electrons. The number of allylic oxidation sites excluding steroid dienone is 6. The van der Waals surface area contributed by atoms with Crippen molar-refractivity contribution in [1.29, 1.82) is 0 Å². The minimum absolute atomic E-state index is 0.0227. The lowest BCUT2D eigenvalue weighted by Crippen LogP contribution is -2.47. The van der Waals surface area contributed by atoms with Gasteiger partial charge in [-0.25, -0.2) is 0 Å². The van der Waals surface area contributed by atoms with Crippen molar-refractivity contribution in [2.24, 2.45) is 0 Å². The van der Waals surface area contributed by atoms with Crippen molar-refractivity contribution in [3.63, 3.8) is 0 Å². The minimum atomic E-state index is -0.0227. The molecule has 0 unspecified atom stereocenters. The van der Waals surface area contributed by atoms with E-state index in [1.807, 2.05) is 25.2 Å². The number of rotatable bonds is 16. The molecule has 0 aromatic heterocycles. The van der Waals surface area contributed by atoms with Crippen LogP contribution >= 0.6 is 0 Å². The molecule has 1 amide bonds. The molecule has 1 aliphatic rings. The zero-order valence-electron chi connectivity index (χ0n) is 20.7. The summed E-state index contributed by atoms with van der Waals surface area (Å²) in [7, 11) is 0. The normalized spacial score (nSPS) is 16.5. The lowest BCUT2D eigenvalue weighted by Gasteiger charge is -2.34. The van der Waals surface area contributed by atoms with Crippen LogP contribution in [-0.4, -0.2) is 67.6 Å². The van der Waals surface area contributed by atoms with Crippen LogP contribution in [0.15, 0.2) is 60.9 Å². The third kappa shape index (κ3) is 11.5. The second kappa shape index (κ2) is 17.4. The fourth-order valence-corrected chi connectivity index (χ4v) is 3.94. The van der Waals surface area contributed by atoms with Crippen LogP contribution < -0.4 is 10.6 Å². The molecule has 0 aromatic carbocycles. The Morgan fingerprint density at radius 3 is 2.38 bits per heavy atom. The van der Waals surface area contributed by atoms with Gasteiger partial charge in [-0.3, -0.25) is 4.79 Å². The molecule has 0 aliphatic carbocycles. The van der Waals surface area contributed by atoms with Crippen molar-refractivity contribution < 1.29 is 4.79 Å². The van der Waals surface area contributed by atoms with Gasteiger partial charge in [-0.15, -0.1) is 6.58 Å². The Morgan fingerprint density at radius 1 is 1.12 bits per heavy atom. The third-order valence-electron chi connectivity index (χ3n) is 5.78. The highest BCUT2D eigenvalue weighted by molar-refractivity contribution is 5.93. The van der Waals surface area contributed by atoms with Gasteiger partial charge in [0.1, 0.15) is 0 Å². The third-order valence-corrected chi connectivity index (χ3v) is 5.78. The van der Waals surface area contributed by atoms with Crippen LogP contribution in [0.3, 0.4) is 0 Å². The van der Waals surface area contributed by atoms with E-state index in [2.05, 4.69) is 53.5 Å². The Hall–Kier alpha value is -2.11. The number of carbonyl (C=O) groups is 1. The number of amides is 1. The molecule has 1 aliphatic heterocycles. The topological polar surface area (TPSA) is 47.6 Å². The molecular formula is C27H46N4O. The van der Waals surface area contributed by atoms with Crippen LogP contribution in [-0.2, 0) is 4.79 Å². The number of nitrogens with zero attached hydrogens (tertiary/aromatic N) is 2. The molecule has 1 fully saturated rings. The van der Waals surface area contributed by atoms with Crippen LogP contribution in [0.2, 0.25) is 0 Å². The van der Waals surface area contributed by atoms with Gasteiger partial charge in [-0.05, 0) is 57.7 Å². The summed E-state index contributed by atoms with van der Waals surface area (Å²) in [6.45, 7) is 21.3. The quantitative estimate of drug-likeness (QED) is 0.211. The summed E-state index contributed by atoms with van der Waals surface area (Å²) in [5.74, 6) is -0.0227. The minimum Gasteiger partial charge on any atom is -0.377 e. The summed E-state index contributed by atoms with van der Waals surface area (Å²) in [6, 6.07) is 0.233. The average Bonchev–Trinajstić information content (AvgIpc) is 2.80. The molecule has 0 aromatic rings. The lowest BCUT2D eigenvalue weighted by molar-refractivity contribution is -0.118. The number of hydrogen-bond donors (Lipinski definition) is 2. The maximum atomic E-state index is 12.9. The summed E-state index contributed by atoms with van der Waals surface area (Å²) < 4.78 is 0. The Kier molecular flexibility index (Phi) is 15.2. The van der Waals surface area contributed by atoms with E-state index < -0.39 is 0 Å². The molecule has 0 atom stereocenters. The SMILES string of the molecule is C=C/C=C\C(=C/C)C/C=C(\NCC=C)C(=O)NC1CCN(CCN(CCC)CCC)CC1. The number of hydrogen-bond acceptors (Lipinski definition) is 4. The van der Waals surface area contributed by atoms with Crippen LogP contribution in [0.1, 0.15) is 52.9 Å². The molecule has 1 rings (SSSR count). The molecule has 0 spiro atoms. The maximum Gasteiger partial charge on any atom is 0.267 e. The second-order valence-corrected chi connectivity index (χ2v) is 8.38. The summed E-state index contributed by atoms with van der Waals surface area (Å²) in [5, 5.41) is 6.45. The number of piperidine rings is 1.